The van der Waals surface area contributed by atoms with E-state index in [1.54, 1.807) is 24.3 Å². The predicted molar refractivity (Wildman–Crippen MR) is 120 cm³/mol. The van der Waals surface area contributed by atoms with Crippen molar-refractivity contribution in [1.29, 1.82) is 0 Å². The van der Waals surface area contributed by atoms with E-state index < -0.39 is 10.0 Å². The standard InChI is InChI=1S/C21H31N3O5S2/c25-21(24-6-1-15-30-17-19(24)16-22-7-11-28-12-8-22)18-2-4-20(5-3-18)31(26,27)23-9-13-29-14-10-23/h2-5,19H,1,6-17H2. The first-order valence-electron chi connectivity index (χ1n) is 10.9. The molecule has 1 aromatic rings. The number of amides is 1. The Labute approximate surface area is 188 Å². The van der Waals surface area contributed by atoms with Gasteiger partial charge >= 0.3 is 0 Å². The number of thioether (sulfide) groups is 1. The zero-order valence-corrected chi connectivity index (χ0v) is 19.4. The Hall–Kier alpha value is -1.17. The summed E-state index contributed by atoms with van der Waals surface area (Å²) in [4.78, 5) is 17.9. The van der Waals surface area contributed by atoms with E-state index in [2.05, 4.69) is 4.90 Å². The molecule has 172 valence electrons. The maximum Gasteiger partial charge on any atom is 0.254 e. The van der Waals surface area contributed by atoms with E-state index in [0.29, 0.717) is 31.9 Å². The fraction of sp³-hybridized carbons (Fsp3) is 0.667. The Morgan fingerprint density at radius 2 is 1.61 bits per heavy atom. The van der Waals surface area contributed by atoms with Crippen molar-refractivity contribution in [3.8, 4) is 0 Å². The molecule has 0 aliphatic carbocycles. The highest BCUT2D eigenvalue weighted by molar-refractivity contribution is 7.99. The average Bonchev–Trinajstić information content (AvgIpc) is 3.05. The molecular formula is C21H31N3O5S2. The third-order valence-electron chi connectivity index (χ3n) is 5.98. The number of hydrogen-bond donors (Lipinski definition) is 0. The van der Waals surface area contributed by atoms with Crippen LogP contribution in [0.5, 0.6) is 0 Å². The summed E-state index contributed by atoms with van der Waals surface area (Å²) in [5, 5.41) is 0. The lowest BCUT2D eigenvalue weighted by atomic mass is 10.1. The van der Waals surface area contributed by atoms with Crippen LogP contribution in [0.25, 0.3) is 0 Å². The van der Waals surface area contributed by atoms with Crippen LogP contribution in [-0.2, 0) is 19.5 Å². The van der Waals surface area contributed by atoms with Crippen LogP contribution in [0.15, 0.2) is 29.2 Å². The van der Waals surface area contributed by atoms with E-state index in [-0.39, 0.29) is 16.8 Å². The van der Waals surface area contributed by atoms with Crippen LogP contribution in [0.1, 0.15) is 16.8 Å². The Morgan fingerprint density at radius 1 is 0.968 bits per heavy atom. The van der Waals surface area contributed by atoms with Crippen LogP contribution in [0.3, 0.4) is 0 Å². The molecule has 8 nitrogen and oxygen atoms in total. The molecule has 3 aliphatic heterocycles. The van der Waals surface area contributed by atoms with Gasteiger partial charge in [-0.3, -0.25) is 9.69 Å². The van der Waals surface area contributed by atoms with Crippen molar-refractivity contribution < 1.29 is 22.7 Å². The van der Waals surface area contributed by atoms with Gasteiger partial charge in [-0.05, 0) is 36.4 Å². The minimum absolute atomic E-state index is 0.0175. The second-order valence-corrected chi connectivity index (χ2v) is 11.1. The third-order valence-corrected chi connectivity index (χ3v) is 9.09. The topological polar surface area (TPSA) is 79.4 Å². The molecule has 0 spiro atoms. The van der Waals surface area contributed by atoms with Gasteiger partial charge in [0.05, 0.1) is 37.4 Å². The van der Waals surface area contributed by atoms with Gasteiger partial charge in [0, 0.05) is 50.6 Å². The maximum absolute atomic E-state index is 13.4. The number of nitrogens with zero attached hydrogens (tertiary/aromatic N) is 3. The molecule has 3 heterocycles. The smallest absolute Gasteiger partial charge is 0.254 e. The number of rotatable bonds is 5. The van der Waals surface area contributed by atoms with Crippen LogP contribution in [0.4, 0.5) is 0 Å². The van der Waals surface area contributed by atoms with E-state index in [0.717, 1.165) is 57.3 Å². The van der Waals surface area contributed by atoms with Crippen molar-refractivity contribution in [3.05, 3.63) is 29.8 Å². The minimum atomic E-state index is -3.56. The predicted octanol–water partition coefficient (Wildman–Crippen LogP) is 0.987. The van der Waals surface area contributed by atoms with E-state index in [4.69, 9.17) is 9.47 Å². The van der Waals surface area contributed by atoms with Crippen LogP contribution < -0.4 is 0 Å². The Bertz CT molecular complexity index is 837. The van der Waals surface area contributed by atoms with Crippen molar-refractivity contribution in [2.24, 2.45) is 0 Å². The highest BCUT2D eigenvalue weighted by Gasteiger charge is 2.30. The van der Waals surface area contributed by atoms with Crippen LogP contribution in [0.2, 0.25) is 0 Å². The Kier molecular flexibility index (Phi) is 7.89. The first kappa shape index (κ1) is 23.0. The SMILES string of the molecule is O=C(c1ccc(S(=O)(=O)N2CCOCC2)cc1)N1CCCSCC1CN1CCOCC1. The summed E-state index contributed by atoms with van der Waals surface area (Å²) >= 11 is 1.90. The second kappa shape index (κ2) is 10.6. The molecule has 0 radical (unpaired) electrons. The molecule has 0 bridgehead atoms. The molecule has 1 aromatic carbocycles. The Balaban J connectivity index is 1.47. The largest absolute Gasteiger partial charge is 0.379 e. The van der Waals surface area contributed by atoms with Crippen molar-refractivity contribution >= 4 is 27.7 Å². The van der Waals surface area contributed by atoms with Crippen molar-refractivity contribution in [1.82, 2.24) is 14.1 Å². The number of sulfonamides is 1. The van der Waals surface area contributed by atoms with Crippen LogP contribution in [-0.4, -0.2) is 112 Å². The number of benzene rings is 1. The molecule has 3 aliphatic rings. The summed E-state index contributed by atoms with van der Waals surface area (Å²) < 4.78 is 37.8. The van der Waals surface area contributed by atoms with Gasteiger partial charge in [0.1, 0.15) is 0 Å². The van der Waals surface area contributed by atoms with E-state index in [9.17, 15) is 13.2 Å². The number of morpholine rings is 2. The third kappa shape index (κ3) is 5.61. The minimum Gasteiger partial charge on any atom is -0.379 e. The lowest BCUT2D eigenvalue weighted by molar-refractivity contribution is 0.0245. The lowest BCUT2D eigenvalue weighted by Gasteiger charge is -2.35. The van der Waals surface area contributed by atoms with Gasteiger partial charge in [-0.1, -0.05) is 0 Å². The molecule has 10 heteroatoms. The molecule has 0 saturated carbocycles. The first-order valence-corrected chi connectivity index (χ1v) is 13.5. The first-order chi connectivity index (χ1) is 15.1. The molecule has 1 atom stereocenters. The van der Waals surface area contributed by atoms with Gasteiger partial charge in [-0.2, -0.15) is 16.1 Å². The molecule has 31 heavy (non-hydrogen) atoms. The molecular weight excluding hydrogens is 438 g/mol. The van der Waals surface area contributed by atoms with Gasteiger partial charge < -0.3 is 14.4 Å². The zero-order chi connectivity index (χ0) is 21.7. The monoisotopic (exact) mass is 469 g/mol. The van der Waals surface area contributed by atoms with Crippen LogP contribution >= 0.6 is 11.8 Å². The van der Waals surface area contributed by atoms with Crippen molar-refractivity contribution in [2.75, 3.05) is 77.2 Å². The second-order valence-electron chi connectivity index (χ2n) is 8.03. The van der Waals surface area contributed by atoms with Gasteiger partial charge in [0.2, 0.25) is 10.0 Å². The highest BCUT2D eigenvalue weighted by atomic mass is 32.2. The molecule has 4 rings (SSSR count). The van der Waals surface area contributed by atoms with Gasteiger partial charge in [-0.25, -0.2) is 8.42 Å². The normalized spacial score (nSPS) is 24.6. The molecule has 1 unspecified atom stereocenters. The van der Waals surface area contributed by atoms with Gasteiger partial charge in [0.25, 0.3) is 5.91 Å². The lowest BCUT2D eigenvalue weighted by Crippen LogP contribution is -2.50. The van der Waals surface area contributed by atoms with Gasteiger partial charge in [-0.15, -0.1) is 0 Å². The number of ether oxygens (including phenoxy) is 2. The Morgan fingerprint density at radius 3 is 2.29 bits per heavy atom. The molecule has 0 N–H and O–H groups in total. The molecule has 3 saturated heterocycles. The summed E-state index contributed by atoms with van der Waals surface area (Å²) in [5.41, 5.74) is 0.541. The van der Waals surface area contributed by atoms with E-state index >= 15 is 0 Å². The fourth-order valence-electron chi connectivity index (χ4n) is 4.20. The van der Waals surface area contributed by atoms with E-state index in [1.807, 2.05) is 16.7 Å². The fourth-order valence-corrected chi connectivity index (χ4v) is 6.67. The number of hydrogen-bond acceptors (Lipinski definition) is 7. The molecule has 0 aromatic heterocycles. The average molecular weight is 470 g/mol. The molecule has 3 fully saturated rings. The van der Waals surface area contributed by atoms with Gasteiger partial charge in [0.15, 0.2) is 0 Å². The van der Waals surface area contributed by atoms with Crippen molar-refractivity contribution in [3.63, 3.8) is 0 Å². The summed E-state index contributed by atoms with van der Waals surface area (Å²) in [6.07, 6.45) is 0.972. The highest BCUT2D eigenvalue weighted by Crippen LogP contribution is 2.22. The quantitative estimate of drug-likeness (QED) is 0.636. The summed E-state index contributed by atoms with van der Waals surface area (Å²) in [7, 11) is -3.56. The molecule has 1 amide bonds. The number of carbonyl (C=O) groups is 1. The van der Waals surface area contributed by atoms with Crippen LogP contribution in [0, 0.1) is 0 Å². The summed E-state index contributed by atoms with van der Waals surface area (Å²) in [5.74, 6) is 1.96. The van der Waals surface area contributed by atoms with E-state index in [1.165, 1.54) is 4.31 Å². The van der Waals surface area contributed by atoms with Crippen molar-refractivity contribution in [2.45, 2.75) is 17.4 Å². The summed E-state index contributed by atoms with van der Waals surface area (Å²) in [6, 6.07) is 6.57. The summed E-state index contributed by atoms with van der Waals surface area (Å²) in [6.45, 7) is 6.41. The number of carbonyl (C=O) groups excluding carboxylic acids is 1. The zero-order valence-electron chi connectivity index (χ0n) is 17.8. The maximum atomic E-state index is 13.4.